The number of carbonyl (C=O) groups excluding carboxylic acids is 1. The molecule has 0 atom stereocenters. The fourth-order valence-electron chi connectivity index (χ4n) is 1.65. The number of amidine groups is 1. The molecule has 2 rings (SSSR count). The van der Waals surface area contributed by atoms with Gasteiger partial charge in [0.1, 0.15) is 5.84 Å². The summed E-state index contributed by atoms with van der Waals surface area (Å²) in [5, 5.41) is 28.8. The lowest BCUT2D eigenvalue weighted by Gasteiger charge is -2.08. The van der Waals surface area contributed by atoms with Crippen molar-refractivity contribution < 1.29 is 15.0 Å². The van der Waals surface area contributed by atoms with Gasteiger partial charge in [-0.15, -0.1) is 0 Å². The van der Waals surface area contributed by atoms with Gasteiger partial charge in [-0.2, -0.15) is 0 Å². The molecule has 0 aliphatic heterocycles. The SMILES string of the molecule is N=C(N)c1ccc(NC(=O)c2cccc(O)c2O)cc1. The first-order chi connectivity index (χ1) is 9.49. The molecule has 0 unspecified atom stereocenters. The molecule has 0 aliphatic carbocycles. The molecule has 2 aromatic rings. The van der Waals surface area contributed by atoms with E-state index in [0.29, 0.717) is 11.3 Å². The first-order valence-corrected chi connectivity index (χ1v) is 5.76. The molecule has 0 aromatic heterocycles. The van der Waals surface area contributed by atoms with E-state index in [1.807, 2.05) is 0 Å². The van der Waals surface area contributed by atoms with Crippen molar-refractivity contribution in [3.63, 3.8) is 0 Å². The van der Waals surface area contributed by atoms with Gasteiger partial charge in [0.25, 0.3) is 5.91 Å². The summed E-state index contributed by atoms with van der Waals surface area (Å²) in [7, 11) is 0. The minimum Gasteiger partial charge on any atom is -0.504 e. The van der Waals surface area contributed by atoms with E-state index in [0.717, 1.165) is 0 Å². The minimum atomic E-state index is -0.547. The number of nitrogen functional groups attached to an aromatic ring is 1. The number of anilines is 1. The van der Waals surface area contributed by atoms with Crippen LogP contribution in [0.15, 0.2) is 42.5 Å². The monoisotopic (exact) mass is 271 g/mol. The molecule has 1 amide bonds. The highest BCUT2D eigenvalue weighted by Gasteiger charge is 2.13. The van der Waals surface area contributed by atoms with Crippen LogP contribution in [0.1, 0.15) is 15.9 Å². The van der Waals surface area contributed by atoms with Gasteiger partial charge in [0.15, 0.2) is 11.5 Å². The Kier molecular flexibility index (Phi) is 3.56. The largest absolute Gasteiger partial charge is 0.504 e. The topological polar surface area (TPSA) is 119 Å². The van der Waals surface area contributed by atoms with E-state index in [1.165, 1.54) is 18.2 Å². The molecule has 2 aromatic carbocycles. The third-order valence-corrected chi connectivity index (χ3v) is 2.71. The van der Waals surface area contributed by atoms with E-state index in [9.17, 15) is 15.0 Å². The minimum absolute atomic E-state index is 0.0272. The fraction of sp³-hybridized carbons (Fsp3) is 0. The Balaban J connectivity index is 2.19. The Hall–Kier alpha value is -3.02. The van der Waals surface area contributed by atoms with Crippen LogP contribution in [0, 0.1) is 5.41 Å². The zero-order chi connectivity index (χ0) is 14.7. The number of rotatable bonds is 3. The number of phenols is 2. The zero-order valence-corrected chi connectivity index (χ0v) is 10.4. The summed E-state index contributed by atoms with van der Waals surface area (Å²) in [5.41, 5.74) is 6.33. The van der Waals surface area contributed by atoms with Crippen molar-refractivity contribution in [3.05, 3.63) is 53.6 Å². The van der Waals surface area contributed by atoms with Gasteiger partial charge < -0.3 is 21.3 Å². The van der Waals surface area contributed by atoms with E-state index in [-0.39, 0.29) is 17.1 Å². The maximum absolute atomic E-state index is 12.0. The predicted molar refractivity (Wildman–Crippen MR) is 75.2 cm³/mol. The Morgan fingerprint density at radius 1 is 1.10 bits per heavy atom. The van der Waals surface area contributed by atoms with Crippen molar-refractivity contribution >= 4 is 17.4 Å². The molecule has 0 saturated heterocycles. The van der Waals surface area contributed by atoms with Crippen molar-refractivity contribution in [1.82, 2.24) is 0 Å². The summed E-state index contributed by atoms with van der Waals surface area (Å²) < 4.78 is 0. The van der Waals surface area contributed by atoms with Gasteiger partial charge in [-0.1, -0.05) is 6.07 Å². The van der Waals surface area contributed by atoms with Crippen LogP contribution in [-0.2, 0) is 0 Å². The van der Waals surface area contributed by atoms with Crippen LogP contribution >= 0.6 is 0 Å². The van der Waals surface area contributed by atoms with E-state index in [1.54, 1.807) is 24.3 Å². The van der Waals surface area contributed by atoms with E-state index >= 15 is 0 Å². The van der Waals surface area contributed by atoms with Crippen LogP contribution in [0.25, 0.3) is 0 Å². The third-order valence-electron chi connectivity index (χ3n) is 2.71. The highest BCUT2D eigenvalue weighted by molar-refractivity contribution is 6.06. The molecule has 0 fully saturated rings. The smallest absolute Gasteiger partial charge is 0.259 e. The lowest BCUT2D eigenvalue weighted by molar-refractivity contribution is 0.102. The second kappa shape index (κ2) is 5.31. The van der Waals surface area contributed by atoms with Crippen molar-refractivity contribution in [3.8, 4) is 11.5 Å². The van der Waals surface area contributed by atoms with Gasteiger partial charge in [0, 0.05) is 11.3 Å². The van der Waals surface area contributed by atoms with Crippen LogP contribution < -0.4 is 11.1 Å². The van der Waals surface area contributed by atoms with Crippen LogP contribution in [0.5, 0.6) is 11.5 Å². The number of carbonyl (C=O) groups is 1. The van der Waals surface area contributed by atoms with E-state index < -0.39 is 11.7 Å². The zero-order valence-electron chi connectivity index (χ0n) is 10.4. The highest BCUT2D eigenvalue weighted by atomic mass is 16.3. The van der Waals surface area contributed by atoms with Gasteiger partial charge in [-0.25, -0.2) is 0 Å². The molecule has 102 valence electrons. The summed E-state index contributed by atoms with van der Waals surface area (Å²) in [6, 6.07) is 10.5. The predicted octanol–water partition coefficient (Wildman–Crippen LogP) is 1.63. The Bertz CT molecular complexity index is 666. The number of amides is 1. The Labute approximate surface area is 115 Å². The molecule has 0 spiro atoms. The first kappa shape index (κ1) is 13.4. The maximum Gasteiger partial charge on any atom is 0.259 e. The number of para-hydroxylation sites is 1. The van der Waals surface area contributed by atoms with Crippen LogP contribution in [-0.4, -0.2) is 22.0 Å². The maximum atomic E-state index is 12.0. The molecule has 0 radical (unpaired) electrons. The molecule has 0 bridgehead atoms. The normalized spacial score (nSPS) is 10.0. The molecule has 6 N–H and O–H groups in total. The summed E-state index contributed by atoms with van der Waals surface area (Å²) >= 11 is 0. The van der Waals surface area contributed by atoms with Gasteiger partial charge in [-0.05, 0) is 36.4 Å². The summed E-state index contributed by atoms with van der Waals surface area (Å²) in [4.78, 5) is 12.0. The molecular weight excluding hydrogens is 258 g/mol. The molecule has 20 heavy (non-hydrogen) atoms. The fourth-order valence-corrected chi connectivity index (χ4v) is 1.65. The number of aromatic hydroxyl groups is 2. The number of nitrogens with one attached hydrogen (secondary N) is 2. The summed E-state index contributed by atoms with van der Waals surface area (Å²) in [5.74, 6) is -1.43. The molecule has 6 heteroatoms. The average Bonchev–Trinajstić information content (AvgIpc) is 2.42. The van der Waals surface area contributed by atoms with Gasteiger partial charge >= 0.3 is 0 Å². The van der Waals surface area contributed by atoms with Crippen LogP contribution in [0.4, 0.5) is 5.69 Å². The number of benzene rings is 2. The number of nitrogens with two attached hydrogens (primary N) is 1. The second-order valence-corrected chi connectivity index (χ2v) is 4.12. The quantitative estimate of drug-likeness (QED) is 0.331. The molecule has 6 nitrogen and oxygen atoms in total. The van der Waals surface area contributed by atoms with Crippen molar-refractivity contribution in [2.45, 2.75) is 0 Å². The van der Waals surface area contributed by atoms with Crippen molar-refractivity contribution in [2.75, 3.05) is 5.32 Å². The lowest BCUT2D eigenvalue weighted by atomic mass is 10.1. The second-order valence-electron chi connectivity index (χ2n) is 4.12. The van der Waals surface area contributed by atoms with Crippen molar-refractivity contribution in [1.29, 1.82) is 5.41 Å². The molecule has 0 aliphatic rings. The molecule has 0 heterocycles. The number of hydrogen-bond acceptors (Lipinski definition) is 4. The number of phenolic OH excluding ortho intramolecular Hbond substituents is 2. The van der Waals surface area contributed by atoms with E-state index in [4.69, 9.17) is 11.1 Å². The van der Waals surface area contributed by atoms with E-state index in [2.05, 4.69) is 5.32 Å². The number of hydrogen-bond donors (Lipinski definition) is 5. The highest BCUT2D eigenvalue weighted by Crippen LogP contribution is 2.28. The Morgan fingerprint density at radius 2 is 1.75 bits per heavy atom. The third kappa shape index (κ3) is 2.69. The summed E-state index contributed by atoms with van der Waals surface area (Å²) in [6.07, 6.45) is 0. The van der Waals surface area contributed by atoms with Crippen LogP contribution in [0.2, 0.25) is 0 Å². The van der Waals surface area contributed by atoms with Gasteiger partial charge in [0.05, 0.1) is 5.56 Å². The van der Waals surface area contributed by atoms with Gasteiger partial charge in [0.2, 0.25) is 0 Å². The first-order valence-electron chi connectivity index (χ1n) is 5.76. The molecular formula is C14H13N3O3. The average molecular weight is 271 g/mol. The summed E-state index contributed by atoms with van der Waals surface area (Å²) in [6.45, 7) is 0. The van der Waals surface area contributed by atoms with Gasteiger partial charge in [-0.3, -0.25) is 10.2 Å². The lowest BCUT2D eigenvalue weighted by Crippen LogP contribution is -2.13. The standard InChI is InChI=1S/C14H13N3O3/c15-13(16)8-4-6-9(7-5-8)17-14(20)10-2-1-3-11(18)12(10)19/h1-7,18-19H,(H3,15,16)(H,17,20). The van der Waals surface area contributed by atoms with Crippen molar-refractivity contribution in [2.24, 2.45) is 5.73 Å². The van der Waals surface area contributed by atoms with Crippen LogP contribution in [0.3, 0.4) is 0 Å². The Morgan fingerprint density at radius 3 is 2.35 bits per heavy atom. The molecule has 0 saturated carbocycles.